The van der Waals surface area contributed by atoms with E-state index in [1.54, 1.807) is 30.6 Å². The maximum atomic E-state index is 14.4. The molecule has 0 amide bonds. The van der Waals surface area contributed by atoms with Crippen LogP contribution in [0.4, 0.5) is 20.3 Å². The number of aromatic amines is 1. The highest BCUT2D eigenvalue weighted by Gasteiger charge is 2.15. The van der Waals surface area contributed by atoms with Gasteiger partial charge in [-0.15, -0.1) is 0 Å². The molecule has 0 aliphatic rings. The molecule has 2 aromatic carbocycles. The van der Waals surface area contributed by atoms with Gasteiger partial charge in [0.1, 0.15) is 11.6 Å². The summed E-state index contributed by atoms with van der Waals surface area (Å²) in [6, 6.07) is 11.2. The normalized spacial score (nSPS) is 12.5. The molecule has 4 aromatic rings. The summed E-state index contributed by atoms with van der Waals surface area (Å²) in [4.78, 5) is 4.30. The molecule has 0 spiro atoms. The van der Waals surface area contributed by atoms with Gasteiger partial charge in [0.25, 0.3) is 0 Å². The molecular weight excluding hydrogens is 336 g/mol. The molecule has 0 aliphatic heterocycles. The Morgan fingerprint density at radius 1 is 1.12 bits per heavy atom. The highest BCUT2D eigenvalue weighted by molar-refractivity contribution is 5.81. The number of aryl methyl sites for hydroxylation is 1. The highest BCUT2D eigenvalue weighted by atomic mass is 19.1. The van der Waals surface area contributed by atoms with E-state index in [0.717, 1.165) is 16.8 Å². The van der Waals surface area contributed by atoms with Crippen LogP contribution < -0.4 is 5.32 Å². The third kappa shape index (κ3) is 2.92. The molecule has 7 heteroatoms. The van der Waals surface area contributed by atoms with Crippen LogP contribution in [0, 0.1) is 18.6 Å². The van der Waals surface area contributed by atoms with E-state index >= 15 is 0 Å². The first-order chi connectivity index (χ1) is 12.5. The number of hydrogen-bond donors (Lipinski definition) is 2. The van der Waals surface area contributed by atoms with Gasteiger partial charge in [-0.25, -0.2) is 13.8 Å². The number of nitrogens with zero attached hydrogens (tertiary/aromatic N) is 3. The number of rotatable bonds is 4. The van der Waals surface area contributed by atoms with Gasteiger partial charge in [0, 0.05) is 17.8 Å². The molecule has 26 heavy (non-hydrogen) atoms. The number of imidazole rings is 1. The summed E-state index contributed by atoms with van der Waals surface area (Å²) < 4.78 is 29.5. The minimum atomic E-state index is -0.405. The van der Waals surface area contributed by atoms with Gasteiger partial charge in [-0.3, -0.25) is 5.10 Å². The van der Waals surface area contributed by atoms with Crippen molar-refractivity contribution in [1.29, 1.82) is 0 Å². The topological polar surface area (TPSA) is 58.5 Å². The molecule has 0 saturated carbocycles. The Balaban J connectivity index is 1.74. The molecule has 4 rings (SSSR count). The first-order valence-corrected chi connectivity index (χ1v) is 8.22. The fourth-order valence-corrected chi connectivity index (χ4v) is 2.97. The molecule has 0 aliphatic carbocycles. The van der Waals surface area contributed by atoms with Gasteiger partial charge < -0.3 is 9.88 Å². The number of halogens is 2. The molecule has 0 saturated heterocycles. The summed E-state index contributed by atoms with van der Waals surface area (Å²) in [5, 5.41) is 9.87. The summed E-state index contributed by atoms with van der Waals surface area (Å²) in [7, 11) is 0. The van der Waals surface area contributed by atoms with Crippen LogP contribution in [0.1, 0.15) is 24.2 Å². The number of fused-ring (bicyclic) bond motifs is 1. The monoisotopic (exact) mass is 353 g/mol. The Labute approximate surface area is 148 Å². The lowest BCUT2D eigenvalue weighted by molar-refractivity contribution is 0.619. The lowest BCUT2D eigenvalue weighted by Gasteiger charge is -2.15. The predicted molar refractivity (Wildman–Crippen MR) is 96.5 cm³/mol. The quantitative estimate of drug-likeness (QED) is 0.559. The molecule has 0 radical (unpaired) electrons. The number of benzene rings is 2. The molecule has 0 fully saturated rings. The fourth-order valence-electron chi connectivity index (χ4n) is 2.97. The Bertz CT molecular complexity index is 1070. The Morgan fingerprint density at radius 3 is 2.58 bits per heavy atom. The van der Waals surface area contributed by atoms with E-state index in [0.29, 0.717) is 17.0 Å². The number of anilines is 2. The number of H-pyrrole nitrogens is 1. The van der Waals surface area contributed by atoms with Gasteiger partial charge in [-0.05, 0) is 37.6 Å². The van der Waals surface area contributed by atoms with Crippen molar-refractivity contribution in [1.82, 2.24) is 19.7 Å². The highest BCUT2D eigenvalue weighted by Crippen LogP contribution is 2.28. The third-order valence-electron chi connectivity index (χ3n) is 4.40. The number of aromatic nitrogens is 4. The van der Waals surface area contributed by atoms with Gasteiger partial charge in [-0.2, -0.15) is 5.10 Å². The first kappa shape index (κ1) is 16.3. The molecule has 1 atom stereocenters. The first-order valence-electron chi connectivity index (χ1n) is 8.22. The molecule has 132 valence electrons. The van der Waals surface area contributed by atoms with Crippen LogP contribution in [0.5, 0.6) is 0 Å². The summed E-state index contributed by atoms with van der Waals surface area (Å²) in [6.07, 6.45) is 1.67. The summed E-state index contributed by atoms with van der Waals surface area (Å²) in [5.41, 5.74) is 3.46. The summed E-state index contributed by atoms with van der Waals surface area (Å²) in [6.45, 7) is 3.86. The van der Waals surface area contributed by atoms with Crippen LogP contribution in [-0.2, 0) is 0 Å². The average Bonchev–Trinajstić information content (AvgIpc) is 3.21. The minimum Gasteiger partial charge on any atom is -0.336 e. The van der Waals surface area contributed by atoms with Crippen LogP contribution in [0.25, 0.3) is 11.0 Å². The molecule has 2 heterocycles. The fraction of sp³-hybridized carbons (Fsp3) is 0.158. The van der Waals surface area contributed by atoms with Crippen molar-refractivity contribution in [2.24, 2.45) is 0 Å². The lowest BCUT2D eigenvalue weighted by Crippen LogP contribution is -2.06. The summed E-state index contributed by atoms with van der Waals surface area (Å²) in [5.74, 6) is -0.143. The van der Waals surface area contributed by atoms with Crippen molar-refractivity contribution in [2.45, 2.75) is 19.9 Å². The number of nitrogens with one attached hydrogen (secondary N) is 2. The van der Waals surface area contributed by atoms with Gasteiger partial charge in [0.05, 0.1) is 29.1 Å². The van der Waals surface area contributed by atoms with Crippen LogP contribution in [0.3, 0.4) is 0 Å². The van der Waals surface area contributed by atoms with E-state index in [4.69, 9.17) is 0 Å². The zero-order chi connectivity index (χ0) is 18.3. The Kier molecular flexibility index (Phi) is 3.91. The van der Waals surface area contributed by atoms with Gasteiger partial charge >= 0.3 is 0 Å². The largest absolute Gasteiger partial charge is 0.336 e. The van der Waals surface area contributed by atoms with Crippen molar-refractivity contribution in [3.63, 3.8) is 0 Å². The van der Waals surface area contributed by atoms with Crippen molar-refractivity contribution in [3.05, 3.63) is 71.7 Å². The van der Waals surface area contributed by atoms with E-state index in [9.17, 15) is 8.78 Å². The van der Waals surface area contributed by atoms with Gasteiger partial charge in [-0.1, -0.05) is 12.1 Å². The number of hydrogen-bond acceptors (Lipinski definition) is 3. The summed E-state index contributed by atoms with van der Waals surface area (Å²) >= 11 is 0. The van der Waals surface area contributed by atoms with E-state index in [1.807, 2.05) is 18.4 Å². The second kappa shape index (κ2) is 6.25. The van der Waals surface area contributed by atoms with Crippen molar-refractivity contribution in [3.8, 4) is 0 Å². The van der Waals surface area contributed by atoms with Crippen LogP contribution in [0.2, 0.25) is 0 Å². The lowest BCUT2D eigenvalue weighted by atomic mass is 10.1. The van der Waals surface area contributed by atoms with E-state index < -0.39 is 5.82 Å². The van der Waals surface area contributed by atoms with E-state index in [1.165, 1.54) is 18.2 Å². The maximum absolute atomic E-state index is 14.4. The predicted octanol–water partition coefficient (Wildman–Crippen LogP) is 4.70. The molecular formula is C19H17F2N5. The van der Waals surface area contributed by atoms with Crippen LogP contribution in [-0.4, -0.2) is 19.7 Å². The van der Waals surface area contributed by atoms with Crippen molar-refractivity contribution in [2.75, 3.05) is 5.32 Å². The van der Waals surface area contributed by atoms with Crippen molar-refractivity contribution < 1.29 is 8.78 Å². The Morgan fingerprint density at radius 2 is 1.88 bits per heavy atom. The standard InChI is InChI=1S/C19H17F2N5/c1-11-7-19(25-24-11)23-16-9-18-17(8-15(16)21)22-10-26(18)12(2)13-3-5-14(20)6-4-13/h3-10,12H,1-2H3,(H2,23,24,25). The SMILES string of the molecule is Cc1cc(Nc2cc3c(cc2F)ncn3C(C)c2ccc(F)cc2)n[nH]1. The Hall–Kier alpha value is -3.22. The second-order valence-corrected chi connectivity index (χ2v) is 6.26. The molecule has 1 unspecified atom stereocenters. The smallest absolute Gasteiger partial charge is 0.152 e. The molecule has 5 nitrogen and oxygen atoms in total. The van der Waals surface area contributed by atoms with Gasteiger partial charge in [0.2, 0.25) is 0 Å². The molecule has 2 N–H and O–H groups in total. The zero-order valence-electron chi connectivity index (χ0n) is 14.3. The van der Waals surface area contributed by atoms with Gasteiger partial charge in [0.15, 0.2) is 5.82 Å². The second-order valence-electron chi connectivity index (χ2n) is 6.26. The van der Waals surface area contributed by atoms with E-state index in [-0.39, 0.29) is 11.9 Å². The third-order valence-corrected chi connectivity index (χ3v) is 4.40. The molecule has 2 aromatic heterocycles. The van der Waals surface area contributed by atoms with Crippen LogP contribution in [0.15, 0.2) is 48.8 Å². The average molecular weight is 353 g/mol. The minimum absolute atomic E-state index is 0.0773. The zero-order valence-corrected chi connectivity index (χ0v) is 14.3. The van der Waals surface area contributed by atoms with Crippen LogP contribution >= 0.6 is 0 Å². The maximum Gasteiger partial charge on any atom is 0.152 e. The molecule has 0 bridgehead atoms. The van der Waals surface area contributed by atoms with E-state index in [2.05, 4.69) is 20.5 Å². The van der Waals surface area contributed by atoms with Crippen molar-refractivity contribution >= 4 is 22.5 Å².